The lowest BCUT2D eigenvalue weighted by Crippen LogP contribution is -2.12. The van der Waals surface area contributed by atoms with E-state index in [-0.39, 0.29) is 5.91 Å². The first kappa shape index (κ1) is 15.3. The molecule has 0 aliphatic heterocycles. The van der Waals surface area contributed by atoms with E-state index in [9.17, 15) is 4.79 Å². The maximum atomic E-state index is 12.1. The van der Waals surface area contributed by atoms with Crippen LogP contribution in [0.25, 0.3) is 10.9 Å². The average molecular weight is 306 g/mol. The molecule has 0 radical (unpaired) electrons. The van der Waals surface area contributed by atoms with Crippen LogP contribution in [0.4, 0.5) is 5.69 Å². The Morgan fingerprint density at radius 2 is 1.87 bits per heavy atom. The molecule has 2 N–H and O–H groups in total. The van der Waals surface area contributed by atoms with Crippen molar-refractivity contribution >= 4 is 22.5 Å². The van der Waals surface area contributed by atoms with Crippen LogP contribution in [0.15, 0.2) is 54.7 Å². The molecule has 118 valence electrons. The first-order valence-corrected chi connectivity index (χ1v) is 8.07. The van der Waals surface area contributed by atoms with E-state index in [4.69, 9.17) is 0 Å². The lowest BCUT2D eigenvalue weighted by Gasteiger charge is -2.08. The molecule has 1 amide bonds. The maximum absolute atomic E-state index is 12.1. The Kier molecular flexibility index (Phi) is 4.47. The van der Waals surface area contributed by atoms with Gasteiger partial charge in [0, 0.05) is 29.2 Å². The van der Waals surface area contributed by atoms with Gasteiger partial charge in [-0.1, -0.05) is 38.1 Å². The molecule has 1 aromatic heterocycles. The highest BCUT2D eigenvalue weighted by Gasteiger charge is 2.05. The first-order valence-electron chi connectivity index (χ1n) is 8.07. The normalized spacial score (nSPS) is 11.1. The Balaban J connectivity index is 1.56. The van der Waals surface area contributed by atoms with Gasteiger partial charge in [-0.3, -0.25) is 4.79 Å². The second-order valence-corrected chi connectivity index (χ2v) is 6.22. The second kappa shape index (κ2) is 6.69. The van der Waals surface area contributed by atoms with E-state index >= 15 is 0 Å². The third-order valence-corrected chi connectivity index (χ3v) is 4.12. The number of aryl methyl sites for hydroxylation is 1. The molecule has 0 atom stereocenters. The highest BCUT2D eigenvalue weighted by Crippen LogP contribution is 2.18. The molecule has 0 saturated carbocycles. The molecule has 3 nitrogen and oxygen atoms in total. The topological polar surface area (TPSA) is 44.9 Å². The Morgan fingerprint density at radius 1 is 1.09 bits per heavy atom. The number of rotatable bonds is 5. The largest absolute Gasteiger partial charge is 0.361 e. The molecular formula is C20H22N2O. The number of carbonyl (C=O) groups is 1. The summed E-state index contributed by atoms with van der Waals surface area (Å²) in [5.74, 6) is 0.587. The van der Waals surface area contributed by atoms with E-state index in [1.165, 1.54) is 11.1 Å². The third kappa shape index (κ3) is 3.81. The number of fused-ring (bicyclic) bond motifs is 1. The van der Waals surface area contributed by atoms with Crippen LogP contribution in [0.2, 0.25) is 0 Å². The third-order valence-electron chi connectivity index (χ3n) is 4.12. The fraction of sp³-hybridized carbons (Fsp3) is 0.250. The van der Waals surface area contributed by atoms with Gasteiger partial charge in [-0.2, -0.15) is 0 Å². The molecule has 0 spiro atoms. The zero-order chi connectivity index (χ0) is 16.2. The van der Waals surface area contributed by atoms with Crippen LogP contribution in [0.3, 0.4) is 0 Å². The second-order valence-electron chi connectivity index (χ2n) is 6.22. The number of aromatic nitrogens is 1. The summed E-state index contributed by atoms with van der Waals surface area (Å²) in [6.07, 6.45) is 3.15. The van der Waals surface area contributed by atoms with Crippen LogP contribution in [0.1, 0.15) is 37.3 Å². The number of benzene rings is 2. The molecule has 2 aromatic carbocycles. The summed E-state index contributed by atoms with van der Waals surface area (Å²) < 4.78 is 0. The number of amides is 1. The Hall–Kier alpha value is -2.55. The SMILES string of the molecule is CC(C)c1ccc(CCC(=O)Nc2ccc3[nH]ccc3c2)cc1. The van der Waals surface area contributed by atoms with Gasteiger partial charge < -0.3 is 10.3 Å². The smallest absolute Gasteiger partial charge is 0.224 e. The molecule has 0 bridgehead atoms. The number of nitrogens with one attached hydrogen (secondary N) is 2. The highest BCUT2D eigenvalue weighted by molar-refractivity contribution is 5.93. The Labute approximate surface area is 136 Å². The van der Waals surface area contributed by atoms with Gasteiger partial charge in [0.05, 0.1) is 0 Å². The van der Waals surface area contributed by atoms with Crippen molar-refractivity contribution in [3.63, 3.8) is 0 Å². The minimum absolute atomic E-state index is 0.0489. The fourth-order valence-corrected chi connectivity index (χ4v) is 2.68. The van der Waals surface area contributed by atoms with E-state index in [1.54, 1.807) is 0 Å². The number of aromatic amines is 1. The van der Waals surface area contributed by atoms with Gasteiger partial charge >= 0.3 is 0 Å². The molecule has 1 heterocycles. The molecule has 3 heteroatoms. The zero-order valence-corrected chi connectivity index (χ0v) is 13.6. The van der Waals surface area contributed by atoms with Gasteiger partial charge in [0.15, 0.2) is 0 Å². The van der Waals surface area contributed by atoms with Gasteiger partial charge in [-0.25, -0.2) is 0 Å². The van der Waals surface area contributed by atoms with Crippen molar-refractivity contribution < 1.29 is 4.79 Å². The van der Waals surface area contributed by atoms with E-state index in [2.05, 4.69) is 48.4 Å². The lowest BCUT2D eigenvalue weighted by molar-refractivity contribution is -0.116. The molecule has 0 aliphatic carbocycles. The average Bonchev–Trinajstić information content (AvgIpc) is 3.01. The van der Waals surface area contributed by atoms with Crippen molar-refractivity contribution in [2.45, 2.75) is 32.6 Å². The van der Waals surface area contributed by atoms with Crippen molar-refractivity contribution in [3.05, 3.63) is 65.9 Å². The number of carbonyl (C=O) groups excluding carboxylic acids is 1. The van der Waals surface area contributed by atoms with Crippen LogP contribution in [-0.4, -0.2) is 10.9 Å². The quantitative estimate of drug-likeness (QED) is 0.694. The zero-order valence-electron chi connectivity index (χ0n) is 13.6. The standard InChI is InChI=1S/C20H22N2O/c1-14(2)16-6-3-15(4-7-16)5-10-20(23)22-18-8-9-19-17(13-18)11-12-21-19/h3-4,6-9,11-14,21H,5,10H2,1-2H3,(H,22,23). The minimum Gasteiger partial charge on any atom is -0.361 e. The minimum atomic E-state index is 0.0489. The molecule has 0 unspecified atom stereocenters. The molecule has 3 rings (SSSR count). The predicted octanol–water partition coefficient (Wildman–Crippen LogP) is 4.86. The fourth-order valence-electron chi connectivity index (χ4n) is 2.68. The van der Waals surface area contributed by atoms with Crippen LogP contribution in [0, 0.1) is 0 Å². The van der Waals surface area contributed by atoms with Gasteiger partial charge in [0.1, 0.15) is 0 Å². The summed E-state index contributed by atoms with van der Waals surface area (Å²) >= 11 is 0. The van der Waals surface area contributed by atoms with Crippen LogP contribution in [0.5, 0.6) is 0 Å². The monoisotopic (exact) mass is 306 g/mol. The van der Waals surface area contributed by atoms with Crippen molar-refractivity contribution in [3.8, 4) is 0 Å². The maximum Gasteiger partial charge on any atom is 0.224 e. The number of anilines is 1. The summed E-state index contributed by atoms with van der Waals surface area (Å²) in [5, 5.41) is 4.07. The highest BCUT2D eigenvalue weighted by atomic mass is 16.1. The number of hydrogen-bond donors (Lipinski definition) is 2. The summed E-state index contributed by atoms with van der Waals surface area (Å²) in [4.78, 5) is 15.3. The first-order chi connectivity index (χ1) is 11.1. The summed E-state index contributed by atoms with van der Waals surface area (Å²) in [5.41, 5.74) is 4.45. The van der Waals surface area contributed by atoms with Crippen molar-refractivity contribution in [2.24, 2.45) is 0 Å². The number of H-pyrrole nitrogens is 1. The van der Waals surface area contributed by atoms with Crippen molar-refractivity contribution in [2.75, 3.05) is 5.32 Å². The summed E-state index contributed by atoms with van der Waals surface area (Å²) in [6, 6.07) is 16.4. The summed E-state index contributed by atoms with van der Waals surface area (Å²) in [6.45, 7) is 4.37. The molecule has 23 heavy (non-hydrogen) atoms. The predicted molar refractivity (Wildman–Crippen MR) is 95.8 cm³/mol. The molecule has 0 aliphatic rings. The van der Waals surface area contributed by atoms with E-state index in [0.29, 0.717) is 12.3 Å². The van der Waals surface area contributed by atoms with Crippen molar-refractivity contribution in [1.82, 2.24) is 4.98 Å². The van der Waals surface area contributed by atoms with Crippen molar-refractivity contribution in [1.29, 1.82) is 0 Å². The van der Waals surface area contributed by atoms with Crippen LogP contribution < -0.4 is 5.32 Å². The summed E-state index contributed by atoms with van der Waals surface area (Å²) in [7, 11) is 0. The van der Waals surface area contributed by atoms with Gasteiger partial charge in [-0.15, -0.1) is 0 Å². The molecule has 0 fully saturated rings. The van der Waals surface area contributed by atoms with Gasteiger partial charge in [-0.05, 0) is 47.7 Å². The lowest BCUT2D eigenvalue weighted by atomic mass is 10.0. The van der Waals surface area contributed by atoms with E-state index in [1.807, 2.05) is 30.5 Å². The van der Waals surface area contributed by atoms with Crippen LogP contribution >= 0.6 is 0 Å². The van der Waals surface area contributed by atoms with Crippen LogP contribution in [-0.2, 0) is 11.2 Å². The van der Waals surface area contributed by atoms with Gasteiger partial charge in [0.2, 0.25) is 5.91 Å². The molecule has 3 aromatic rings. The van der Waals surface area contributed by atoms with E-state index < -0.39 is 0 Å². The molecular weight excluding hydrogens is 284 g/mol. The van der Waals surface area contributed by atoms with Gasteiger partial charge in [0.25, 0.3) is 0 Å². The molecule has 0 saturated heterocycles. The van der Waals surface area contributed by atoms with E-state index in [0.717, 1.165) is 23.0 Å². The Morgan fingerprint density at radius 3 is 2.61 bits per heavy atom. The Bertz CT molecular complexity index is 800. The number of hydrogen-bond acceptors (Lipinski definition) is 1.